The minimum absolute atomic E-state index is 0.123. The second kappa shape index (κ2) is 4.51. The first-order chi connectivity index (χ1) is 7.99. The molecule has 0 amide bonds. The highest BCUT2D eigenvalue weighted by Gasteiger charge is 2.11. The standard InChI is InChI=1S/C9H5F3IN3O/c10-6-4-16(14-8(6)13)5-1-2-7(17)15(3-5)9(11)12/h1-4,9H. The van der Waals surface area contributed by atoms with E-state index in [1.807, 2.05) is 0 Å². The predicted octanol–water partition coefficient (Wildman–Crippen LogP) is 2.17. The van der Waals surface area contributed by atoms with Crippen molar-refractivity contribution < 1.29 is 13.2 Å². The molecular weight excluding hydrogens is 350 g/mol. The molecule has 0 saturated heterocycles. The van der Waals surface area contributed by atoms with Gasteiger partial charge in [-0.3, -0.25) is 9.36 Å². The molecule has 90 valence electrons. The molecule has 4 nitrogen and oxygen atoms in total. The minimum atomic E-state index is -2.94. The fourth-order valence-corrected chi connectivity index (χ4v) is 1.62. The number of hydrogen-bond acceptors (Lipinski definition) is 2. The van der Waals surface area contributed by atoms with Crippen LogP contribution in [-0.2, 0) is 0 Å². The lowest BCUT2D eigenvalue weighted by molar-refractivity contribution is 0.0663. The highest BCUT2D eigenvalue weighted by atomic mass is 127. The van der Waals surface area contributed by atoms with Crippen molar-refractivity contribution in [1.82, 2.24) is 14.3 Å². The molecule has 0 N–H and O–H groups in total. The Bertz CT molecular complexity index is 588. The van der Waals surface area contributed by atoms with Crippen LogP contribution in [0.15, 0.2) is 29.3 Å². The number of alkyl halides is 2. The van der Waals surface area contributed by atoms with Crippen molar-refractivity contribution in [2.45, 2.75) is 6.55 Å². The summed E-state index contributed by atoms with van der Waals surface area (Å²) in [4.78, 5) is 11.1. The van der Waals surface area contributed by atoms with E-state index >= 15 is 0 Å². The molecule has 0 aliphatic heterocycles. The fourth-order valence-electron chi connectivity index (χ4n) is 1.24. The van der Waals surface area contributed by atoms with E-state index in [1.165, 1.54) is 6.07 Å². The molecule has 0 aliphatic carbocycles. The summed E-state index contributed by atoms with van der Waals surface area (Å²) in [5.74, 6) is -0.555. The van der Waals surface area contributed by atoms with Crippen LogP contribution in [0.5, 0.6) is 0 Å². The maximum Gasteiger partial charge on any atom is 0.321 e. The van der Waals surface area contributed by atoms with Gasteiger partial charge in [0.15, 0.2) is 9.52 Å². The highest BCUT2D eigenvalue weighted by Crippen LogP contribution is 2.13. The van der Waals surface area contributed by atoms with Gasteiger partial charge in [0, 0.05) is 12.3 Å². The zero-order valence-corrected chi connectivity index (χ0v) is 10.3. The molecule has 0 radical (unpaired) electrons. The Balaban J connectivity index is 2.53. The lowest BCUT2D eigenvalue weighted by Crippen LogP contribution is -2.20. The zero-order valence-electron chi connectivity index (χ0n) is 8.15. The number of aromatic nitrogens is 3. The molecule has 0 unspecified atom stereocenters. The molecule has 0 bridgehead atoms. The molecular formula is C9H5F3IN3O. The van der Waals surface area contributed by atoms with Gasteiger partial charge in [-0.25, -0.2) is 9.07 Å². The van der Waals surface area contributed by atoms with Gasteiger partial charge in [-0.2, -0.15) is 13.9 Å². The Hall–Kier alpha value is -1.32. The number of rotatable bonds is 2. The third-order valence-corrected chi connectivity index (χ3v) is 2.76. The van der Waals surface area contributed by atoms with Crippen molar-refractivity contribution in [1.29, 1.82) is 0 Å². The zero-order chi connectivity index (χ0) is 12.6. The van der Waals surface area contributed by atoms with Gasteiger partial charge in [0.25, 0.3) is 5.56 Å². The SMILES string of the molecule is O=c1ccc(-n2cc(F)c(I)n2)cn1C(F)F. The average molecular weight is 355 g/mol. The van der Waals surface area contributed by atoms with Gasteiger partial charge in [-0.05, 0) is 28.7 Å². The van der Waals surface area contributed by atoms with E-state index in [0.717, 1.165) is 23.1 Å². The van der Waals surface area contributed by atoms with Crippen LogP contribution in [0.1, 0.15) is 6.55 Å². The Morgan fingerprint density at radius 1 is 1.29 bits per heavy atom. The molecule has 0 spiro atoms. The van der Waals surface area contributed by atoms with Crippen LogP contribution >= 0.6 is 22.6 Å². The van der Waals surface area contributed by atoms with E-state index in [4.69, 9.17) is 0 Å². The molecule has 0 aromatic carbocycles. The van der Waals surface area contributed by atoms with Crippen molar-refractivity contribution in [2.24, 2.45) is 0 Å². The molecule has 0 aliphatic rings. The Labute approximate surface area is 107 Å². The van der Waals surface area contributed by atoms with Crippen LogP contribution in [0.2, 0.25) is 0 Å². The van der Waals surface area contributed by atoms with Crippen molar-refractivity contribution in [3.8, 4) is 5.69 Å². The Kier molecular flexibility index (Phi) is 3.22. The van der Waals surface area contributed by atoms with E-state index in [1.54, 1.807) is 22.6 Å². The highest BCUT2D eigenvalue weighted by molar-refractivity contribution is 14.1. The van der Waals surface area contributed by atoms with Gasteiger partial charge in [0.1, 0.15) is 0 Å². The second-order valence-electron chi connectivity index (χ2n) is 3.12. The van der Waals surface area contributed by atoms with Crippen molar-refractivity contribution >= 4 is 22.6 Å². The molecule has 2 rings (SSSR count). The number of pyridine rings is 1. The summed E-state index contributed by atoms with van der Waals surface area (Å²) >= 11 is 1.68. The summed E-state index contributed by atoms with van der Waals surface area (Å²) in [5, 5.41) is 3.78. The van der Waals surface area contributed by atoms with Gasteiger partial charge in [0.2, 0.25) is 0 Å². The summed E-state index contributed by atoms with van der Waals surface area (Å²) in [6, 6.07) is 2.28. The first-order valence-corrected chi connectivity index (χ1v) is 5.48. The van der Waals surface area contributed by atoms with Gasteiger partial charge >= 0.3 is 6.55 Å². The molecule has 2 heterocycles. The van der Waals surface area contributed by atoms with Crippen LogP contribution in [-0.4, -0.2) is 14.3 Å². The van der Waals surface area contributed by atoms with Crippen molar-refractivity contribution in [2.75, 3.05) is 0 Å². The van der Waals surface area contributed by atoms with Crippen LogP contribution in [0, 0.1) is 9.52 Å². The lowest BCUT2D eigenvalue weighted by Gasteiger charge is -2.06. The molecule has 8 heteroatoms. The normalized spacial score (nSPS) is 11.1. The number of hydrogen-bond donors (Lipinski definition) is 0. The summed E-state index contributed by atoms with van der Waals surface area (Å²) in [5.41, 5.74) is -0.641. The third kappa shape index (κ3) is 2.35. The first kappa shape index (κ1) is 12.1. The van der Waals surface area contributed by atoms with Gasteiger partial charge in [-0.1, -0.05) is 0 Å². The molecule has 0 saturated carbocycles. The predicted molar refractivity (Wildman–Crippen MR) is 61.8 cm³/mol. The van der Waals surface area contributed by atoms with Gasteiger partial charge in [0.05, 0.1) is 11.9 Å². The van der Waals surface area contributed by atoms with Crippen molar-refractivity contribution in [3.63, 3.8) is 0 Å². The van der Waals surface area contributed by atoms with E-state index < -0.39 is 17.9 Å². The molecule has 0 atom stereocenters. The summed E-state index contributed by atoms with van der Waals surface area (Å²) in [6.45, 7) is -2.94. The van der Waals surface area contributed by atoms with E-state index in [9.17, 15) is 18.0 Å². The maximum absolute atomic E-state index is 13.1. The molecule has 0 fully saturated rings. The average Bonchev–Trinajstić information content (AvgIpc) is 2.59. The topological polar surface area (TPSA) is 39.8 Å². The smallest absolute Gasteiger partial charge is 0.269 e. The van der Waals surface area contributed by atoms with E-state index in [2.05, 4.69) is 5.10 Å². The fraction of sp³-hybridized carbons (Fsp3) is 0.111. The summed E-state index contributed by atoms with van der Waals surface area (Å²) in [7, 11) is 0. The monoisotopic (exact) mass is 355 g/mol. The van der Waals surface area contributed by atoms with E-state index in [0.29, 0.717) is 0 Å². The van der Waals surface area contributed by atoms with Crippen LogP contribution in [0.25, 0.3) is 5.69 Å². The second-order valence-corrected chi connectivity index (χ2v) is 4.14. The Morgan fingerprint density at radius 3 is 2.53 bits per heavy atom. The minimum Gasteiger partial charge on any atom is -0.269 e. The quantitative estimate of drug-likeness (QED) is 0.775. The largest absolute Gasteiger partial charge is 0.321 e. The van der Waals surface area contributed by atoms with Crippen LogP contribution in [0.3, 0.4) is 0 Å². The van der Waals surface area contributed by atoms with Crippen LogP contribution in [0.4, 0.5) is 13.2 Å². The third-order valence-electron chi connectivity index (χ3n) is 2.03. The van der Waals surface area contributed by atoms with Crippen molar-refractivity contribution in [3.05, 3.63) is 44.4 Å². The summed E-state index contributed by atoms with van der Waals surface area (Å²) < 4.78 is 39.5. The van der Waals surface area contributed by atoms with Gasteiger partial charge < -0.3 is 0 Å². The first-order valence-electron chi connectivity index (χ1n) is 4.40. The van der Waals surface area contributed by atoms with Gasteiger partial charge in [-0.15, -0.1) is 0 Å². The molecule has 2 aromatic heterocycles. The number of nitrogens with zero attached hydrogens (tertiary/aromatic N) is 3. The maximum atomic E-state index is 13.1. The lowest BCUT2D eigenvalue weighted by atomic mass is 10.4. The molecule has 2 aromatic rings. The molecule has 17 heavy (non-hydrogen) atoms. The van der Waals surface area contributed by atoms with Crippen LogP contribution < -0.4 is 5.56 Å². The van der Waals surface area contributed by atoms with E-state index in [-0.39, 0.29) is 14.0 Å². The number of halogens is 4. The summed E-state index contributed by atoms with van der Waals surface area (Å²) in [6.07, 6.45) is 1.98. The Morgan fingerprint density at radius 2 is 2.00 bits per heavy atom.